The molecule has 5 heteroatoms. The zero-order valence-corrected chi connectivity index (χ0v) is 15.4. The molecule has 5 nitrogen and oxygen atoms in total. The van der Waals surface area contributed by atoms with E-state index in [0.29, 0.717) is 17.4 Å². The van der Waals surface area contributed by atoms with Gasteiger partial charge >= 0.3 is 0 Å². The minimum absolute atomic E-state index is 0.0514. The highest BCUT2D eigenvalue weighted by atomic mass is 16.5. The van der Waals surface area contributed by atoms with Crippen molar-refractivity contribution < 1.29 is 9.53 Å². The normalized spacial score (nSPS) is 20.9. The van der Waals surface area contributed by atoms with E-state index in [4.69, 9.17) is 4.74 Å². The van der Waals surface area contributed by atoms with Crippen molar-refractivity contribution in [2.45, 2.75) is 19.3 Å². The maximum absolute atomic E-state index is 11.1. The second kappa shape index (κ2) is 7.42. The van der Waals surface area contributed by atoms with Crippen molar-refractivity contribution in [3.05, 3.63) is 59.2 Å². The molecule has 2 heterocycles. The predicted octanol–water partition coefficient (Wildman–Crippen LogP) is 3.17. The van der Waals surface area contributed by atoms with Crippen LogP contribution in [0.15, 0.2) is 42.5 Å². The molecule has 0 spiro atoms. The molecule has 2 aromatic carbocycles. The zero-order chi connectivity index (χ0) is 18.8. The lowest BCUT2D eigenvalue weighted by Crippen LogP contribution is -2.25. The fraction of sp³-hybridized carbons (Fsp3) is 0.364. The van der Waals surface area contributed by atoms with Crippen molar-refractivity contribution >= 4 is 11.6 Å². The van der Waals surface area contributed by atoms with Crippen LogP contribution in [0.25, 0.3) is 0 Å². The standard InChI is InChI=1S/C22H23N3O2/c1-15(26)24-19-5-2-16(3-6-19)8-9-25-12-18-14-27-22-7-4-17(11-23)10-20(22)21(18)13-25/h2-7,10,18,21H,8-9,12-14H2,1H3,(H,24,26)/t18-,21-/m0/s1. The SMILES string of the molecule is CC(=O)Nc1ccc(CCN2C[C@H]3COc4ccc(C#N)cc4[C@H]3C2)cc1. The van der Waals surface area contributed by atoms with Crippen LogP contribution in [0.3, 0.4) is 0 Å². The molecule has 2 atom stereocenters. The third-order valence-corrected chi connectivity index (χ3v) is 5.50. The third kappa shape index (κ3) is 3.81. The Morgan fingerprint density at radius 3 is 2.81 bits per heavy atom. The van der Waals surface area contributed by atoms with Crippen molar-refractivity contribution in [2.75, 3.05) is 31.6 Å². The summed E-state index contributed by atoms with van der Waals surface area (Å²) >= 11 is 0. The van der Waals surface area contributed by atoms with Gasteiger partial charge < -0.3 is 15.0 Å². The van der Waals surface area contributed by atoms with E-state index < -0.39 is 0 Å². The van der Waals surface area contributed by atoms with Gasteiger partial charge in [0, 0.05) is 49.6 Å². The number of hydrogen-bond donors (Lipinski definition) is 1. The second-order valence-electron chi connectivity index (χ2n) is 7.43. The number of nitrogens with zero attached hydrogens (tertiary/aromatic N) is 2. The van der Waals surface area contributed by atoms with Gasteiger partial charge in [0.2, 0.25) is 5.91 Å². The number of anilines is 1. The Bertz CT molecular complexity index is 885. The van der Waals surface area contributed by atoms with Crippen molar-refractivity contribution in [3.63, 3.8) is 0 Å². The van der Waals surface area contributed by atoms with Gasteiger partial charge in [-0.1, -0.05) is 12.1 Å². The average Bonchev–Trinajstić information content (AvgIpc) is 3.10. The summed E-state index contributed by atoms with van der Waals surface area (Å²) in [5.41, 5.74) is 3.99. The van der Waals surface area contributed by atoms with Gasteiger partial charge in [0.1, 0.15) is 5.75 Å². The van der Waals surface area contributed by atoms with E-state index >= 15 is 0 Å². The van der Waals surface area contributed by atoms with Crippen LogP contribution in [0.2, 0.25) is 0 Å². The molecule has 138 valence electrons. The first kappa shape index (κ1) is 17.6. The lowest BCUT2D eigenvalue weighted by molar-refractivity contribution is -0.114. The molecule has 0 bridgehead atoms. The Hall–Kier alpha value is -2.84. The van der Waals surface area contributed by atoms with E-state index in [9.17, 15) is 10.1 Å². The molecule has 0 aromatic heterocycles. The molecule has 1 saturated heterocycles. The van der Waals surface area contributed by atoms with Gasteiger partial charge in [0.05, 0.1) is 18.2 Å². The highest BCUT2D eigenvalue weighted by molar-refractivity contribution is 5.88. The van der Waals surface area contributed by atoms with E-state index in [2.05, 4.69) is 28.4 Å². The van der Waals surface area contributed by atoms with Crippen molar-refractivity contribution in [3.8, 4) is 11.8 Å². The maximum Gasteiger partial charge on any atom is 0.221 e. The molecule has 1 N–H and O–H groups in total. The third-order valence-electron chi connectivity index (χ3n) is 5.50. The summed E-state index contributed by atoms with van der Waals surface area (Å²) in [5.74, 6) is 1.83. The number of nitriles is 1. The Labute approximate surface area is 159 Å². The highest BCUT2D eigenvalue weighted by Crippen LogP contribution is 2.41. The van der Waals surface area contributed by atoms with Gasteiger partial charge in [0.25, 0.3) is 0 Å². The fourth-order valence-electron chi connectivity index (χ4n) is 4.15. The monoisotopic (exact) mass is 361 g/mol. The molecule has 0 radical (unpaired) electrons. The number of fused-ring (bicyclic) bond motifs is 3. The smallest absolute Gasteiger partial charge is 0.221 e. The molecule has 0 unspecified atom stereocenters. The van der Waals surface area contributed by atoms with Gasteiger partial charge in [-0.3, -0.25) is 4.79 Å². The number of hydrogen-bond acceptors (Lipinski definition) is 4. The number of ether oxygens (including phenoxy) is 1. The van der Waals surface area contributed by atoms with E-state index in [1.807, 2.05) is 30.3 Å². The molecule has 0 aliphatic carbocycles. The number of benzene rings is 2. The van der Waals surface area contributed by atoms with Gasteiger partial charge in [-0.05, 0) is 42.3 Å². The van der Waals surface area contributed by atoms with Crippen molar-refractivity contribution in [1.82, 2.24) is 4.90 Å². The quantitative estimate of drug-likeness (QED) is 0.908. The summed E-state index contributed by atoms with van der Waals surface area (Å²) < 4.78 is 5.92. The van der Waals surface area contributed by atoms with Crippen LogP contribution in [0, 0.1) is 17.2 Å². The van der Waals surface area contributed by atoms with Gasteiger partial charge in [-0.15, -0.1) is 0 Å². The Morgan fingerprint density at radius 2 is 2.07 bits per heavy atom. The molecule has 0 saturated carbocycles. The molecule has 1 fully saturated rings. The largest absolute Gasteiger partial charge is 0.493 e. The number of carbonyl (C=O) groups is 1. The highest BCUT2D eigenvalue weighted by Gasteiger charge is 2.38. The minimum Gasteiger partial charge on any atom is -0.493 e. The Kier molecular flexibility index (Phi) is 4.83. The first-order valence-corrected chi connectivity index (χ1v) is 9.38. The summed E-state index contributed by atoms with van der Waals surface area (Å²) in [5, 5.41) is 12.0. The van der Waals surface area contributed by atoms with Crippen LogP contribution in [-0.2, 0) is 11.2 Å². The van der Waals surface area contributed by atoms with E-state index in [0.717, 1.165) is 44.1 Å². The fourth-order valence-corrected chi connectivity index (χ4v) is 4.15. The molecule has 1 amide bonds. The first-order chi connectivity index (χ1) is 13.1. The van der Waals surface area contributed by atoms with Gasteiger partial charge in [-0.25, -0.2) is 0 Å². The van der Waals surface area contributed by atoms with Crippen LogP contribution in [0.1, 0.15) is 29.5 Å². The molecule has 2 aliphatic heterocycles. The van der Waals surface area contributed by atoms with Crippen molar-refractivity contribution in [1.29, 1.82) is 5.26 Å². The lowest BCUT2D eigenvalue weighted by Gasteiger charge is -2.27. The number of likely N-dealkylation sites (tertiary alicyclic amines) is 1. The number of carbonyl (C=O) groups excluding carboxylic acids is 1. The van der Waals surface area contributed by atoms with Gasteiger partial charge in [-0.2, -0.15) is 5.26 Å². The van der Waals surface area contributed by atoms with Crippen molar-refractivity contribution in [2.24, 2.45) is 5.92 Å². The van der Waals surface area contributed by atoms with Gasteiger partial charge in [0.15, 0.2) is 0 Å². The molecular weight excluding hydrogens is 338 g/mol. The summed E-state index contributed by atoms with van der Waals surface area (Å²) in [6.45, 7) is 5.32. The van der Waals surface area contributed by atoms with Crippen LogP contribution in [0.4, 0.5) is 5.69 Å². The maximum atomic E-state index is 11.1. The van der Waals surface area contributed by atoms with Crippen LogP contribution >= 0.6 is 0 Å². The van der Waals surface area contributed by atoms with Crippen LogP contribution in [0.5, 0.6) is 5.75 Å². The van der Waals surface area contributed by atoms with E-state index in [-0.39, 0.29) is 5.91 Å². The minimum atomic E-state index is -0.0514. The summed E-state index contributed by atoms with van der Waals surface area (Å²) in [6.07, 6.45) is 0.978. The Balaban J connectivity index is 1.38. The Morgan fingerprint density at radius 1 is 1.26 bits per heavy atom. The number of rotatable bonds is 4. The average molecular weight is 361 g/mol. The number of amides is 1. The second-order valence-corrected chi connectivity index (χ2v) is 7.43. The topological polar surface area (TPSA) is 65.4 Å². The molecular formula is C22H23N3O2. The molecule has 4 rings (SSSR count). The first-order valence-electron chi connectivity index (χ1n) is 9.38. The molecule has 2 aliphatic rings. The zero-order valence-electron chi connectivity index (χ0n) is 15.4. The lowest BCUT2D eigenvalue weighted by atomic mass is 9.86. The molecule has 27 heavy (non-hydrogen) atoms. The predicted molar refractivity (Wildman–Crippen MR) is 104 cm³/mol. The molecule has 2 aromatic rings. The van der Waals surface area contributed by atoms with Crippen LogP contribution < -0.4 is 10.1 Å². The summed E-state index contributed by atoms with van der Waals surface area (Å²) in [6, 6.07) is 16.1. The summed E-state index contributed by atoms with van der Waals surface area (Å²) in [4.78, 5) is 13.6. The van der Waals surface area contributed by atoms with E-state index in [1.165, 1.54) is 18.1 Å². The van der Waals surface area contributed by atoms with E-state index in [1.54, 1.807) is 0 Å². The number of nitrogens with one attached hydrogen (secondary N) is 1. The summed E-state index contributed by atoms with van der Waals surface area (Å²) in [7, 11) is 0. The van der Waals surface area contributed by atoms with Crippen LogP contribution in [-0.4, -0.2) is 37.0 Å².